The van der Waals surface area contributed by atoms with Crippen molar-refractivity contribution < 1.29 is 0 Å². The summed E-state index contributed by atoms with van der Waals surface area (Å²) in [5.41, 5.74) is 3.42. The van der Waals surface area contributed by atoms with Crippen LogP contribution in [0.25, 0.3) is 0 Å². The summed E-state index contributed by atoms with van der Waals surface area (Å²) in [5, 5.41) is 0. The van der Waals surface area contributed by atoms with Gasteiger partial charge in [-0.15, -0.1) is 0 Å². The van der Waals surface area contributed by atoms with Crippen molar-refractivity contribution in [2.45, 2.75) is 52.4 Å². The molecule has 0 N–H and O–H groups in total. The van der Waals surface area contributed by atoms with Gasteiger partial charge in [-0.25, -0.2) is 0 Å². The van der Waals surface area contributed by atoms with Crippen molar-refractivity contribution >= 4 is 22.0 Å². The van der Waals surface area contributed by atoms with E-state index in [4.69, 9.17) is 0 Å². The molecule has 0 amide bonds. The normalized spacial score (nSPS) is 13.1. The molecule has 78 valence electrons. The molecule has 0 aromatic heterocycles. The van der Waals surface area contributed by atoms with Crippen LogP contribution in [0.4, 0.5) is 0 Å². The Balaban J connectivity index is 3.37. The standard InChI is InChI=1S/C14H21.Li/c1-13(2,3)11-8-7-9-12(10-11)14(4,5)6;/h7-9H,1-6H3;. The van der Waals surface area contributed by atoms with Crippen LogP contribution in [-0.2, 0) is 10.8 Å². The van der Waals surface area contributed by atoms with Crippen LogP contribution in [0.3, 0.4) is 0 Å². The van der Waals surface area contributed by atoms with E-state index in [0.717, 1.165) is 0 Å². The number of hydrogen-bond donors (Lipinski definition) is 0. The van der Waals surface area contributed by atoms with Crippen LogP contribution in [0, 0.1) is 0 Å². The molecule has 0 nitrogen and oxygen atoms in total. The minimum atomic E-state index is 0.241. The second kappa shape index (κ2) is 4.00. The van der Waals surface area contributed by atoms with E-state index in [2.05, 4.69) is 77.5 Å². The van der Waals surface area contributed by atoms with Crippen LogP contribution < -0.4 is 4.24 Å². The predicted octanol–water partition coefficient (Wildman–Crippen LogP) is 3.08. The molecule has 0 saturated heterocycles. The maximum atomic E-state index is 2.28. The Bertz CT molecular complexity index is 318. The fraction of sp³-hybridized carbons (Fsp3) is 0.571. The average Bonchev–Trinajstić information content (AvgIpc) is 1.99. The third-order valence-electron chi connectivity index (χ3n) is 2.95. The molecule has 0 atom stereocenters. The van der Waals surface area contributed by atoms with Gasteiger partial charge in [-0.1, -0.05) is 0 Å². The van der Waals surface area contributed by atoms with Gasteiger partial charge in [0, 0.05) is 0 Å². The summed E-state index contributed by atoms with van der Waals surface area (Å²) >= 11 is 2.25. The first-order valence-corrected chi connectivity index (χ1v) is 5.74. The van der Waals surface area contributed by atoms with Crippen LogP contribution in [0.2, 0.25) is 0 Å². The Kier molecular flexibility index (Phi) is 3.44. The summed E-state index contributed by atoms with van der Waals surface area (Å²) in [6.07, 6.45) is 0. The van der Waals surface area contributed by atoms with E-state index in [9.17, 15) is 0 Å². The van der Waals surface area contributed by atoms with Gasteiger partial charge in [-0.05, 0) is 0 Å². The van der Waals surface area contributed by atoms with E-state index in [-0.39, 0.29) is 10.8 Å². The van der Waals surface area contributed by atoms with Gasteiger partial charge in [-0.3, -0.25) is 0 Å². The molecule has 0 saturated carbocycles. The third-order valence-corrected chi connectivity index (χ3v) is 2.95. The summed E-state index contributed by atoms with van der Waals surface area (Å²) < 4.78 is 1.46. The van der Waals surface area contributed by atoms with Crippen LogP contribution >= 0.6 is 0 Å². The molecule has 0 fully saturated rings. The van der Waals surface area contributed by atoms with Crippen LogP contribution in [0.5, 0.6) is 0 Å². The summed E-state index contributed by atoms with van der Waals surface area (Å²) in [5.74, 6) is 0. The van der Waals surface area contributed by atoms with Crippen molar-refractivity contribution in [3.8, 4) is 0 Å². The molecule has 1 rings (SSSR count). The Labute approximate surface area is 104 Å². The molecule has 1 heteroatoms. The average molecular weight is 196 g/mol. The van der Waals surface area contributed by atoms with Crippen molar-refractivity contribution in [1.82, 2.24) is 0 Å². The SMILES string of the molecule is [Li][c]1c(C(C)(C)C)cccc1C(C)(C)C. The number of rotatable bonds is 0. The van der Waals surface area contributed by atoms with Gasteiger partial charge in [0.1, 0.15) is 0 Å². The predicted molar refractivity (Wildman–Crippen MR) is 69.2 cm³/mol. The number of benzene rings is 1. The third kappa shape index (κ3) is 2.89. The molecule has 0 aliphatic carbocycles. The molecule has 0 aliphatic heterocycles. The van der Waals surface area contributed by atoms with Crippen molar-refractivity contribution in [3.63, 3.8) is 0 Å². The number of hydrogen-bond acceptors (Lipinski definition) is 0. The Hall–Kier alpha value is -0.183. The fourth-order valence-electron chi connectivity index (χ4n) is 2.26. The van der Waals surface area contributed by atoms with Crippen LogP contribution in [0.15, 0.2) is 18.2 Å². The van der Waals surface area contributed by atoms with Gasteiger partial charge in [0.15, 0.2) is 0 Å². The second-order valence-electron chi connectivity index (χ2n) is 6.48. The topological polar surface area (TPSA) is 0 Å². The molecule has 0 spiro atoms. The first-order valence-electron chi connectivity index (χ1n) is 5.74. The first kappa shape index (κ1) is 12.9. The van der Waals surface area contributed by atoms with E-state index < -0.39 is 0 Å². The molecule has 0 bridgehead atoms. The van der Waals surface area contributed by atoms with Crippen molar-refractivity contribution in [3.05, 3.63) is 29.3 Å². The van der Waals surface area contributed by atoms with Crippen LogP contribution in [-0.4, -0.2) is 17.7 Å². The molecule has 0 radical (unpaired) electrons. The summed E-state index contributed by atoms with van der Waals surface area (Å²) in [7, 11) is 0. The van der Waals surface area contributed by atoms with Gasteiger partial charge in [0.05, 0.1) is 0 Å². The molecular formula is C14H21Li. The quantitative estimate of drug-likeness (QED) is 0.559. The first-order chi connectivity index (χ1) is 6.64. The molecule has 1 aromatic carbocycles. The molecule has 0 aliphatic rings. The van der Waals surface area contributed by atoms with Gasteiger partial charge in [0.25, 0.3) is 0 Å². The Morgan fingerprint density at radius 1 is 0.800 bits per heavy atom. The van der Waals surface area contributed by atoms with Crippen molar-refractivity contribution in [1.29, 1.82) is 0 Å². The second-order valence-corrected chi connectivity index (χ2v) is 6.48. The van der Waals surface area contributed by atoms with Crippen LogP contribution in [0.1, 0.15) is 52.7 Å². The van der Waals surface area contributed by atoms with E-state index >= 15 is 0 Å². The zero-order chi connectivity index (χ0) is 11.9. The van der Waals surface area contributed by atoms with Crippen molar-refractivity contribution in [2.75, 3.05) is 0 Å². The molecular weight excluding hydrogens is 175 g/mol. The molecule has 0 heterocycles. The zero-order valence-corrected chi connectivity index (χ0v) is 11.2. The fourth-order valence-corrected chi connectivity index (χ4v) is 2.26. The molecule has 15 heavy (non-hydrogen) atoms. The van der Waals surface area contributed by atoms with Gasteiger partial charge in [-0.2, -0.15) is 0 Å². The summed E-state index contributed by atoms with van der Waals surface area (Å²) in [6, 6.07) is 6.70. The van der Waals surface area contributed by atoms with E-state index in [0.29, 0.717) is 0 Å². The van der Waals surface area contributed by atoms with Crippen molar-refractivity contribution in [2.24, 2.45) is 0 Å². The Morgan fingerprint density at radius 3 is 1.40 bits per heavy atom. The van der Waals surface area contributed by atoms with Gasteiger partial charge < -0.3 is 0 Å². The van der Waals surface area contributed by atoms with Gasteiger partial charge in [0.2, 0.25) is 0 Å². The van der Waals surface area contributed by atoms with Gasteiger partial charge >= 0.3 is 104 Å². The minimum absolute atomic E-state index is 0.241. The summed E-state index contributed by atoms with van der Waals surface area (Å²) in [6.45, 7) is 13.7. The van der Waals surface area contributed by atoms with E-state index in [1.807, 2.05) is 0 Å². The maximum absolute atomic E-state index is 2.28. The van der Waals surface area contributed by atoms with E-state index in [1.54, 1.807) is 0 Å². The van der Waals surface area contributed by atoms with E-state index in [1.165, 1.54) is 15.4 Å². The monoisotopic (exact) mass is 196 g/mol. The molecule has 1 aromatic rings. The Morgan fingerprint density at radius 2 is 1.13 bits per heavy atom. The summed E-state index contributed by atoms with van der Waals surface area (Å²) in [4.78, 5) is 0. The molecule has 0 unspecified atom stereocenters. The zero-order valence-electron chi connectivity index (χ0n) is 11.2.